The van der Waals surface area contributed by atoms with Crippen LogP contribution in [0.1, 0.15) is 21.0 Å². The maximum Gasteiger partial charge on any atom is 0.361 e. The van der Waals surface area contributed by atoms with Crippen molar-refractivity contribution < 1.29 is 23.9 Å². The van der Waals surface area contributed by atoms with Crippen molar-refractivity contribution in [2.45, 2.75) is 6.54 Å². The number of methoxy groups -OCH3 is 2. The molecule has 1 rings (SSSR count). The number of rotatable bonds is 4. The predicted octanol–water partition coefficient (Wildman–Crippen LogP) is -1.04. The topological polar surface area (TPSA) is 100 Å². The van der Waals surface area contributed by atoms with Crippen LogP contribution in [-0.4, -0.2) is 47.4 Å². The number of ether oxygens (including phenoxy) is 2. The van der Waals surface area contributed by atoms with Gasteiger partial charge in [0, 0.05) is 0 Å². The Balaban J connectivity index is 3.23. The van der Waals surface area contributed by atoms with Crippen molar-refractivity contribution in [1.29, 1.82) is 0 Å². The molecule has 0 aliphatic rings. The quantitative estimate of drug-likeness (QED) is 0.604. The summed E-state index contributed by atoms with van der Waals surface area (Å²) in [5.74, 6) is -1.67. The molecule has 85 valence electrons. The average molecular weight is 226 g/mol. The summed E-state index contributed by atoms with van der Waals surface area (Å²) in [6, 6.07) is 0. The second-order valence-electron chi connectivity index (χ2n) is 2.57. The molecule has 0 unspecified atom stereocenters. The molecule has 8 heteroatoms. The average Bonchev–Trinajstić information content (AvgIpc) is 2.71. The maximum atomic E-state index is 11.4. The molecule has 1 heterocycles. The number of hydrogen-bond acceptors (Lipinski definition) is 7. The summed E-state index contributed by atoms with van der Waals surface area (Å²) in [6.07, 6.45) is 1.52. The van der Waals surface area contributed by atoms with Crippen LogP contribution >= 0.6 is 0 Å². The second-order valence-corrected chi connectivity index (χ2v) is 2.57. The van der Waals surface area contributed by atoms with Crippen molar-refractivity contribution in [2.24, 2.45) is 0 Å². The minimum Gasteiger partial charge on any atom is -0.464 e. The van der Waals surface area contributed by atoms with Crippen LogP contribution in [0.3, 0.4) is 0 Å². The van der Waals surface area contributed by atoms with E-state index in [1.165, 1.54) is 6.29 Å². The van der Waals surface area contributed by atoms with Crippen LogP contribution in [0.15, 0.2) is 0 Å². The highest BCUT2D eigenvalue weighted by Gasteiger charge is 2.26. The molecular formula is C8H8N3O5. The number of nitrogens with zero attached hydrogens (tertiary/aromatic N) is 3. The zero-order valence-corrected chi connectivity index (χ0v) is 8.59. The minimum atomic E-state index is -0.836. The molecule has 0 aromatic carbocycles. The van der Waals surface area contributed by atoms with Crippen molar-refractivity contribution in [2.75, 3.05) is 14.2 Å². The first-order valence-electron chi connectivity index (χ1n) is 4.10. The standard InChI is InChI=1S/C8H8N3O5/c1-15-7(13)5-6(8(14)16-2)11(3-4-12)10-9-5/h3H2,1-2H3. The third kappa shape index (κ3) is 2.05. The van der Waals surface area contributed by atoms with Crippen LogP contribution < -0.4 is 0 Å². The van der Waals surface area contributed by atoms with Gasteiger partial charge in [0.05, 0.1) is 14.2 Å². The van der Waals surface area contributed by atoms with Gasteiger partial charge in [0.2, 0.25) is 12.0 Å². The molecule has 0 fully saturated rings. The van der Waals surface area contributed by atoms with Gasteiger partial charge >= 0.3 is 11.9 Å². The van der Waals surface area contributed by atoms with Gasteiger partial charge in [0.25, 0.3) is 0 Å². The molecule has 0 aliphatic carbocycles. The Hall–Kier alpha value is -2.25. The van der Waals surface area contributed by atoms with Gasteiger partial charge in [-0.15, -0.1) is 5.10 Å². The van der Waals surface area contributed by atoms with Crippen LogP contribution in [0.2, 0.25) is 0 Å². The van der Waals surface area contributed by atoms with E-state index in [0.29, 0.717) is 0 Å². The number of carbonyl (C=O) groups is 2. The summed E-state index contributed by atoms with van der Waals surface area (Å²) in [4.78, 5) is 32.8. The number of hydrogen-bond donors (Lipinski definition) is 0. The van der Waals surface area contributed by atoms with E-state index >= 15 is 0 Å². The van der Waals surface area contributed by atoms with Gasteiger partial charge in [0.1, 0.15) is 6.54 Å². The van der Waals surface area contributed by atoms with E-state index in [1.54, 1.807) is 0 Å². The Bertz CT molecular complexity index is 425. The van der Waals surface area contributed by atoms with Crippen LogP contribution in [0, 0.1) is 0 Å². The highest BCUT2D eigenvalue weighted by atomic mass is 16.5. The summed E-state index contributed by atoms with van der Waals surface area (Å²) in [7, 11) is 2.26. The van der Waals surface area contributed by atoms with Gasteiger partial charge in [-0.25, -0.2) is 14.3 Å². The fourth-order valence-corrected chi connectivity index (χ4v) is 1.02. The zero-order valence-electron chi connectivity index (χ0n) is 8.59. The van der Waals surface area contributed by atoms with E-state index in [-0.39, 0.29) is 17.9 Å². The molecular weight excluding hydrogens is 218 g/mol. The molecule has 0 N–H and O–H groups in total. The Morgan fingerprint density at radius 1 is 1.31 bits per heavy atom. The molecule has 16 heavy (non-hydrogen) atoms. The predicted molar refractivity (Wildman–Crippen MR) is 48.4 cm³/mol. The molecule has 0 amide bonds. The van der Waals surface area contributed by atoms with Crippen molar-refractivity contribution in [3.05, 3.63) is 11.4 Å². The lowest BCUT2D eigenvalue weighted by molar-refractivity contribution is 0.0544. The Labute approximate surface area is 90.1 Å². The van der Waals surface area contributed by atoms with Gasteiger partial charge in [-0.1, -0.05) is 5.21 Å². The largest absolute Gasteiger partial charge is 0.464 e. The zero-order chi connectivity index (χ0) is 12.1. The third-order valence-corrected chi connectivity index (χ3v) is 1.71. The fraction of sp³-hybridized carbons (Fsp3) is 0.375. The highest BCUT2D eigenvalue weighted by molar-refractivity contribution is 6.00. The van der Waals surface area contributed by atoms with Gasteiger partial charge in [0.15, 0.2) is 5.69 Å². The van der Waals surface area contributed by atoms with Crippen molar-refractivity contribution in [1.82, 2.24) is 15.0 Å². The van der Waals surface area contributed by atoms with Gasteiger partial charge in [-0.3, -0.25) is 4.79 Å². The first kappa shape index (κ1) is 11.8. The molecule has 0 bridgehead atoms. The number of aromatic nitrogens is 3. The lowest BCUT2D eigenvalue weighted by atomic mass is 10.3. The molecule has 1 aromatic rings. The van der Waals surface area contributed by atoms with E-state index in [0.717, 1.165) is 18.9 Å². The summed E-state index contributed by atoms with van der Waals surface area (Å²) in [5, 5.41) is 6.88. The first-order chi connectivity index (χ1) is 7.65. The molecule has 8 nitrogen and oxygen atoms in total. The number of esters is 2. The van der Waals surface area contributed by atoms with Crippen LogP contribution in [-0.2, 0) is 20.8 Å². The summed E-state index contributed by atoms with van der Waals surface area (Å²) >= 11 is 0. The Kier molecular flexibility index (Phi) is 3.70. The van der Waals surface area contributed by atoms with E-state index < -0.39 is 11.9 Å². The minimum absolute atomic E-state index is 0.238. The molecule has 0 saturated heterocycles. The van der Waals surface area contributed by atoms with Crippen LogP contribution in [0.5, 0.6) is 0 Å². The van der Waals surface area contributed by atoms with Crippen LogP contribution in [0.25, 0.3) is 0 Å². The fourth-order valence-electron chi connectivity index (χ4n) is 1.02. The molecule has 0 aliphatic heterocycles. The highest BCUT2D eigenvalue weighted by Crippen LogP contribution is 2.08. The van der Waals surface area contributed by atoms with E-state index in [1.807, 2.05) is 0 Å². The van der Waals surface area contributed by atoms with E-state index in [2.05, 4.69) is 19.8 Å². The molecule has 0 spiro atoms. The number of carbonyl (C=O) groups excluding carboxylic acids is 3. The van der Waals surface area contributed by atoms with Gasteiger partial charge in [-0.2, -0.15) is 0 Å². The van der Waals surface area contributed by atoms with Gasteiger partial charge < -0.3 is 9.47 Å². The smallest absolute Gasteiger partial charge is 0.361 e. The van der Waals surface area contributed by atoms with Crippen molar-refractivity contribution >= 4 is 18.2 Å². The van der Waals surface area contributed by atoms with Gasteiger partial charge in [-0.05, 0) is 0 Å². The third-order valence-electron chi connectivity index (χ3n) is 1.71. The SMILES string of the molecule is COC(=O)c1nnn(C[C]=O)c1C(=O)OC. The molecule has 1 aromatic heterocycles. The monoisotopic (exact) mass is 226 g/mol. The van der Waals surface area contributed by atoms with Crippen molar-refractivity contribution in [3.8, 4) is 0 Å². The normalized spacial score (nSPS) is 9.62. The Morgan fingerprint density at radius 2 is 1.94 bits per heavy atom. The first-order valence-corrected chi connectivity index (χ1v) is 4.10. The second kappa shape index (κ2) is 5.01. The summed E-state index contributed by atoms with van der Waals surface area (Å²) in [6.45, 7) is -0.325. The van der Waals surface area contributed by atoms with Crippen molar-refractivity contribution in [3.63, 3.8) is 0 Å². The lowest BCUT2D eigenvalue weighted by Crippen LogP contribution is -2.16. The maximum absolute atomic E-state index is 11.4. The summed E-state index contributed by atoms with van der Waals surface area (Å²) < 4.78 is 9.75. The molecule has 0 atom stereocenters. The van der Waals surface area contributed by atoms with E-state index in [9.17, 15) is 14.4 Å². The molecule has 1 radical (unpaired) electrons. The molecule has 0 saturated carbocycles. The van der Waals surface area contributed by atoms with Crippen LogP contribution in [0.4, 0.5) is 0 Å². The Morgan fingerprint density at radius 3 is 2.44 bits per heavy atom. The lowest BCUT2D eigenvalue weighted by Gasteiger charge is -2.01. The van der Waals surface area contributed by atoms with E-state index in [4.69, 9.17) is 0 Å². The summed E-state index contributed by atoms with van der Waals surface area (Å²) in [5.41, 5.74) is -0.540.